The van der Waals surface area contributed by atoms with E-state index >= 15 is 0 Å². The number of carbonyl (C=O) groups is 1. The SMILES string of the molecule is COc1c(F)ccc2c1c(CCN1CCCC1C(N)=O)cn2C. The van der Waals surface area contributed by atoms with Crippen LogP contribution in [-0.4, -0.2) is 41.6 Å². The van der Waals surface area contributed by atoms with E-state index in [9.17, 15) is 9.18 Å². The molecule has 2 aromatic rings. The second-order valence-corrected chi connectivity index (χ2v) is 6.09. The number of ether oxygens (including phenoxy) is 1. The first kappa shape index (κ1) is 15.8. The summed E-state index contributed by atoms with van der Waals surface area (Å²) < 4.78 is 21.3. The summed E-state index contributed by atoms with van der Waals surface area (Å²) in [5, 5.41) is 0.810. The second kappa shape index (κ2) is 6.20. The average Bonchev–Trinajstić information content (AvgIpc) is 3.10. The second-order valence-electron chi connectivity index (χ2n) is 6.09. The number of fused-ring (bicyclic) bond motifs is 1. The number of nitrogens with two attached hydrogens (primary N) is 1. The molecular formula is C17H22FN3O2. The Morgan fingerprint density at radius 1 is 1.48 bits per heavy atom. The van der Waals surface area contributed by atoms with E-state index in [2.05, 4.69) is 4.90 Å². The third kappa shape index (κ3) is 2.79. The highest BCUT2D eigenvalue weighted by Crippen LogP contribution is 2.33. The van der Waals surface area contributed by atoms with Crippen molar-refractivity contribution in [3.05, 3.63) is 29.7 Å². The summed E-state index contributed by atoms with van der Waals surface area (Å²) in [6.07, 6.45) is 4.53. The molecule has 1 fully saturated rings. The number of aromatic nitrogens is 1. The van der Waals surface area contributed by atoms with Crippen LogP contribution in [0.2, 0.25) is 0 Å². The number of rotatable bonds is 5. The Bertz CT molecular complexity index is 741. The molecule has 1 aliphatic rings. The molecule has 0 spiro atoms. The Hall–Kier alpha value is -2.08. The lowest BCUT2D eigenvalue weighted by atomic mass is 10.1. The molecule has 2 heterocycles. The Morgan fingerprint density at radius 2 is 2.26 bits per heavy atom. The fourth-order valence-corrected chi connectivity index (χ4v) is 3.59. The minimum Gasteiger partial charge on any atom is -0.493 e. The van der Waals surface area contributed by atoms with Crippen LogP contribution in [0.15, 0.2) is 18.3 Å². The van der Waals surface area contributed by atoms with E-state index in [0.717, 1.165) is 48.8 Å². The number of benzene rings is 1. The standard InChI is InChI=1S/C17H22FN3O2/c1-20-10-11(7-9-21-8-3-4-14(21)17(19)22)15-13(20)6-5-12(18)16(15)23-2/h5-6,10,14H,3-4,7-9H2,1-2H3,(H2,19,22). The summed E-state index contributed by atoms with van der Waals surface area (Å²) in [7, 11) is 3.42. The van der Waals surface area contributed by atoms with E-state index in [0.29, 0.717) is 0 Å². The van der Waals surface area contributed by atoms with Gasteiger partial charge in [-0.2, -0.15) is 0 Å². The third-order valence-electron chi connectivity index (χ3n) is 4.70. The highest BCUT2D eigenvalue weighted by atomic mass is 19.1. The number of primary amides is 1. The van der Waals surface area contributed by atoms with Crippen molar-refractivity contribution in [1.29, 1.82) is 0 Å². The van der Waals surface area contributed by atoms with E-state index in [-0.39, 0.29) is 23.5 Å². The lowest BCUT2D eigenvalue weighted by Gasteiger charge is -2.21. The summed E-state index contributed by atoms with van der Waals surface area (Å²) in [5.74, 6) is -0.335. The average molecular weight is 319 g/mol. The number of hydrogen-bond donors (Lipinski definition) is 1. The highest BCUT2D eigenvalue weighted by molar-refractivity contribution is 5.90. The molecule has 3 rings (SSSR count). The summed E-state index contributed by atoms with van der Waals surface area (Å²) in [6, 6.07) is 3.01. The minimum absolute atomic E-state index is 0.177. The molecule has 0 radical (unpaired) electrons. The van der Waals surface area contributed by atoms with E-state index < -0.39 is 0 Å². The van der Waals surface area contributed by atoms with E-state index in [1.54, 1.807) is 6.07 Å². The van der Waals surface area contributed by atoms with Gasteiger partial charge in [0.05, 0.1) is 18.7 Å². The predicted molar refractivity (Wildman–Crippen MR) is 86.9 cm³/mol. The van der Waals surface area contributed by atoms with Crippen LogP contribution in [0.5, 0.6) is 5.75 Å². The van der Waals surface area contributed by atoms with Gasteiger partial charge in [0, 0.05) is 25.2 Å². The van der Waals surface area contributed by atoms with Crippen molar-refractivity contribution in [1.82, 2.24) is 9.47 Å². The minimum atomic E-state index is -0.358. The fourth-order valence-electron chi connectivity index (χ4n) is 3.59. The van der Waals surface area contributed by atoms with Gasteiger partial charge in [0.25, 0.3) is 0 Å². The van der Waals surface area contributed by atoms with Crippen LogP contribution in [0.3, 0.4) is 0 Å². The Kier molecular flexibility index (Phi) is 4.26. The molecule has 5 nitrogen and oxygen atoms in total. The molecule has 124 valence electrons. The molecule has 1 saturated heterocycles. The number of nitrogens with zero attached hydrogens (tertiary/aromatic N) is 2. The summed E-state index contributed by atoms with van der Waals surface area (Å²) in [6.45, 7) is 1.61. The molecular weight excluding hydrogens is 297 g/mol. The number of methoxy groups -OCH3 is 1. The largest absolute Gasteiger partial charge is 0.493 e. The molecule has 1 aromatic carbocycles. The van der Waals surface area contributed by atoms with Gasteiger partial charge in [-0.1, -0.05) is 0 Å². The number of amides is 1. The van der Waals surface area contributed by atoms with Crippen LogP contribution >= 0.6 is 0 Å². The summed E-state index contributed by atoms with van der Waals surface area (Å²) in [5.41, 5.74) is 7.42. The van der Waals surface area contributed by atoms with E-state index in [1.165, 1.54) is 13.2 Å². The van der Waals surface area contributed by atoms with Gasteiger partial charge in [0.2, 0.25) is 5.91 Å². The van der Waals surface area contributed by atoms with Gasteiger partial charge in [0.15, 0.2) is 11.6 Å². The van der Waals surface area contributed by atoms with Gasteiger partial charge in [-0.25, -0.2) is 4.39 Å². The first-order valence-electron chi connectivity index (χ1n) is 7.86. The van der Waals surface area contributed by atoms with Crippen molar-refractivity contribution in [2.24, 2.45) is 12.8 Å². The topological polar surface area (TPSA) is 60.5 Å². The summed E-state index contributed by atoms with van der Waals surface area (Å²) >= 11 is 0. The van der Waals surface area contributed by atoms with Crippen molar-refractivity contribution in [3.8, 4) is 5.75 Å². The molecule has 0 aliphatic carbocycles. The Labute approximate surface area is 134 Å². The number of likely N-dealkylation sites (tertiary alicyclic amines) is 1. The van der Waals surface area contributed by atoms with Gasteiger partial charge in [-0.05, 0) is 43.5 Å². The Balaban J connectivity index is 1.88. The molecule has 1 atom stereocenters. The van der Waals surface area contributed by atoms with Crippen LogP contribution in [0, 0.1) is 5.82 Å². The quantitative estimate of drug-likeness (QED) is 0.914. The van der Waals surface area contributed by atoms with Crippen molar-refractivity contribution in [3.63, 3.8) is 0 Å². The molecule has 1 unspecified atom stereocenters. The van der Waals surface area contributed by atoms with Gasteiger partial charge in [-0.3, -0.25) is 9.69 Å². The normalized spacial score (nSPS) is 18.7. The number of carbonyl (C=O) groups excluding carboxylic acids is 1. The van der Waals surface area contributed by atoms with Crippen molar-refractivity contribution in [2.75, 3.05) is 20.2 Å². The first-order chi connectivity index (χ1) is 11.0. The molecule has 23 heavy (non-hydrogen) atoms. The molecule has 6 heteroatoms. The Morgan fingerprint density at radius 3 is 2.96 bits per heavy atom. The predicted octanol–water partition coefficient (Wildman–Crippen LogP) is 1.82. The van der Waals surface area contributed by atoms with Crippen LogP contribution in [-0.2, 0) is 18.3 Å². The zero-order valence-electron chi connectivity index (χ0n) is 13.5. The fraction of sp³-hybridized carbons (Fsp3) is 0.471. The van der Waals surface area contributed by atoms with Gasteiger partial charge < -0.3 is 15.0 Å². The first-order valence-corrected chi connectivity index (χ1v) is 7.86. The number of aryl methyl sites for hydroxylation is 1. The van der Waals surface area contributed by atoms with Crippen molar-refractivity contribution < 1.29 is 13.9 Å². The smallest absolute Gasteiger partial charge is 0.234 e. The molecule has 1 aromatic heterocycles. The van der Waals surface area contributed by atoms with E-state index in [4.69, 9.17) is 10.5 Å². The highest BCUT2D eigenvalue weighted by Gasteiger charge is 2.28. The maximum Gasteiger partial charge on any atom is 0.234 e. The number of halogens is 1. The van der Waals surface area contributed by atoms with Gasteiger partial charge >= 0.3 is 0 Å². The molecule has 1 aliphatic heterocycles. The molecule has 1 amide bonds. The van der Waals surface area contributed by atoms with Crippen LogP contribution in [0.25, 0.3) is 10.9 Å². The third-order valence-corrected chi connectivity index (χ3v) is 4.70. The van der Waals surface area contributed by atoms with Gasteiger partial charge in [0.1, 0.15) is 0 Å². The maximum absolute atomic E-state index is 14.0. The molecule has 0 bridgehead atoms. The van der Waals surface area contributed by atoms with Gasteiger partial charge in [-0.15, -0.1) is 0 Å². The zero-order valence-corrected chi connectivity index (χ0v) is 13.5. The summed E-state index contributed by atoms with van der Waals surface area (Å²) in [4.78, 5) is 13.6. The lowest BCUT2D eigenvalue weighted by Crippen LogP contribution is -2.41. The monoisotopic (exact) mass is 319 g/mol. The maximum atomic E-state index is 14.0. The lowest BCUT2D eigenvalue weighted by molar-refractivity contribution is -0.122. The van der Waals surface area contributed by atoms with E-state index in [1.807, 2.05) is 17.8 Å². The molecule has 2 N–H and O–H groups in total. The zero-order chi connectivity index (χ0) is 16.6. The van der Waals surface area contributed by atoms with Crippen molar-refractivity contribution >= 4 is 16.8 Å². The van der Waals surface area contributed by atoms with Crippen LogP contribution in [0.4, 0.5) is 4.39 Å². The van der Waals surface area contributed by atoms with Crippen LogP contribution in [0.1, 0.15) is 18.4 Å². The molecule has 0 saturated carbocycles. The van der Waals surface area contributed by atoms with Crippen LogP contribution < -0.4 is 10.5 Å². The number of hydrogen-bond acceptors (Lipinski definition) is 3. The van der Waals surface area contributed by atoms with Crippen molar-refractivity contribution in [2.45, 2.75) is 25.3 Å².